The summed E-state index contributed by atoms with van der Waals surface area (Å²) in [7, 11) is 0. The number of pyridine rings is 1. The molecule has 26 heavy (non-hydrogen) atoms. The maximum atomic E-state index is 6.36. The number of aromatic nitrogens is 1. The molecule has 4 rings (SSSR count). The van der Waals surface area contributed by atoms with Crippen LogP contribution in [0.1, 0.15) is 24.0 Å². The fourth-order valence-electron chi connectivity index (χ4n) is 3.29. The molecule has 0 unspecified atom stereocenters. The van der Waals surface area contributed by atoms with Crippen LogP contribution in [0.5, 0.6) is 0 Å². The van der Waals surface area contributed by atoms with E-state index >= 15 is 0 Å². The second-order valence-electron chi connectivity index (χ2n) is 6.35. The summed E-state index contributed by atoms with van der Waals surface area (Å²) in [5.41, 5.74) is 6.75. The quantitative estimate of drug-likeness (QED) is 0.558. The van der Waals surface area contributed by atoms with Gasteiger partial charge in [-0.2, -0.15) is 0 Å². The Balaban J connectivity index is 1.72. The van der Waals surface area contributed by atoms with Crippen LogP contribution in [0.4, 0.5) is 0 Å². The van der Waals surface area contributed by atoms with Crippen molar-refractivity contribution >= 4 is 23.4 Å². The van der Waals surface area contributed by atoms with E-state index in [1.807, 2.05) is 30.5 Å². The van der Waals surface area contributed by atoms with Crippen LogP contribution < -0.4 is 0 Å². The highest BCUT2D eigenvalue weighted by Crippen LogP contribution is 2.29. The van der Waals surface area contributed by atoms with E-state index in [0.29, 0.717) is 0 Å². The molecule has 1 aliphatic heterocycles. The van der Waals surface area contributed by atoms with Gasteiger partial charge in [-0.3, -0.25) is 9.98 Å². The van der Waals surface area contributed by atoms with Gasteiger partial charge in [0.1, 0.15) is 0 Å². The molecule has 0 fully saturated rings. The molecular formula is C23H19ClN2. The lowest BCUT2D eigenvalue weighted by Gasteiger charge is -2.16. The Morgan fingerprint density at radius 3 is 2.65 bits per heavy atom. The second-order valence-corrected chi connectivity index (χ2v) is 6.76. The average molecular weight is 359 g/mol. The van der Waals surface area contributed by atoms with Crippen LogP contribution >= 0.6 is 11.6 Å². The maximum absolute atomic E-state index is 6.36. The minimum absolute atomic E-state index is 0.771. The molecule has 0 radical (unpaired) electrons. The Morgan fingerprint density at radius 2 is 1.81 bits per heavy atom. The lowest BCUT2D eigenvalue weighted by atomic mass is 9.94. The molecule has 3 heteroatoms. The third-order valence-electron chi connectivity index (χ3n) is 4.53. The molecule has 2 heterocycles. The fraction of sp³-hybridized carbons (Fsp3) is 0.130. The van der Waals surface area contributed by atoms with Gasteiger partial charge in [0.05, 0.1) is 5.71 Å². The Hall–Kier alpha value is -2.71. The zero-order valence-electron chi connectivity index (χ0n) is 14.4. The van der Waals surface area contributed by atoms with Gasteiger partial charge in [0.25, 0.3) is 0 Å². The maximum Gasteiger partial charge on any atom is 0.0694 e. The van der Waals surface area contributed by atoms with Gasteiger partial charge in [-0.25, -0.2) is 0 Å². The highest BCUT2D eigenvalue weighted by atomic mass is 35.5. The minimum Gasteiger partial charge on any atom is -0.284 e. The van der Waals surface area contributed by atoms with Crippen molar-refractivity contribution < 1.29 is 0 Å². The van der Waals surface area contributed by atoms with E-state index in [-0.39, 0.29) is 0 Å². The summed E-state index contributed by atoms with van der Waals surface area (Å²) in [5, 5.41) is 0.771. The number of hydrogen-bond acceptors (Lipinski definition) is 2. The first-order valence-electron chi connectivity index (χ1n) is 8.82. The molecule has 1 aromatic heterocycles. The lowest BCUT2D eigenvalue weighted by molar-refractivity contribution is 0.818. The van der Waals surface area contributed by atoms with Crippen molar-refractivity contribution in [2.45, 2.75) is 12.8 Å². The SMILES string of the molecule is Clc1ccccc1-c1cccc(C=C2CCCN=C2c2cccnc2)c1. The molecule has 128 valence electrons. The zero-order chi connectivity index (χ0) is 17.8. The first-order valence-corrected chi connectivity index (χ1v) is 9.20. The predicted molar refractivity (Wildman–Crippen MR) is 110 cm³/mol. The van der Waals surface area contributed by atoms with Gasteiger partial charge in [0.15, 0.2) is 0 Å². The average Bonchev–Trinajstić information content (AvgIpc) is 2.70. The van der Waals surface area contributed by atoms with Crippen molar-refractivity contribution in [3.63, 3.8) is 0 Å². The first-order chi connectivity index (χ1) is 12.8. The van der Waals surface area contributed by atoms with E-state index in [1.165, 1.54) is 5.57 Å². The predicted octanol–water partition coefficient (Wildman–Crippen LogP) is 6.07. The number of allylic oxidation sites excluding steroid dienone is 1. The molecule has 0 spiro atoms. The third-order valence-corrected chi connectivity index (χ3v) is 4.86. The van der Waals surface area contributed by atoms with E-state index in [2.05, 4.69) is 47.5 Å². The molecule has 0 saturated carbocycles. The second kappa shape index (κ2) is 7.67. The minimum atomic E-state index is 0.771. The van der Waals surface area contributed by atoms with Crippen LogP contribution in [0.15, 0.2) is 83.6 Å². The molecular weight excluding hydrogens is 340 g/mol. The van der Waals surface area contributed by atoms with Gasteiger partial charge in [-0.15, -0.1) is 0 Å². The van der Waals surface area contributed by atoms with E-state index in [1.54, 1.807) is 6.20 Å². The molecule has 0 atom stereocenters. The van der Waals surface area contributed by atoms with Crippen molar-refractivity contribution in [2.24, 2.45) is 4.99 Å². The zero-order valence-corrected chi connectivity index (χ0v) is 15.2. The Kier molecular flexibility index (Phi) is 4.94. The van der Waals surface area contributed by atoms with Gasteiger partial charge in [-0.05, 0) is 59.9 Å². The van der Waals surface area contributed by atoms with E-state index in [9.17, 15) is 0 Å². The molecule has 2 aromatic carbocycles. The number of halogens is 1. The van der Waals surface area contributed by atoms with Crippen molar-refractivity contribution in [1.82, 2.24) is 4.98 Å². The highest BCUT2D eigenvalue weighted by Gasteiger charge is 2.14. The summed E-state index contributed by atoms with van der Waals surface area (Å²) in [6.07, 6.45) is 8.04. The van der Waals surface area contributed by atoms with Crippen LogP contribution in [0.25, 0.3) is 17.2 Å². The lowest BCUT2D eigenvalue weighted by Crippen LogP contribution is -2.11. The van der Waals surface area contributed by atoms with Gasteiger partial charge in [0, 0.05) is 35.1 Å². The molecule has 3 aromatic rings. The van der Waals surface area contributed by atoms with Crippen LogP contribution in [0.3, 0.4) is 0 Å². The Labute approximate surface area is 158 Å². The highest BCUT2D eigenvalue weighted by molar-refractivity contribution is 6.33. The van der Waals surface area contributed by atoms with Crippen molar-refractivity contribution in [2.75, 3.05) is 6.54 Å². The Bertz CT molecular complexity index is 974. The largest absolute Gasteiger partial charge is 0.284 e. The first kappa shape index (κ1) is 16.7. The van der Waals surface area contributed by atoms with Gasteiger partial charge < -0.3 is 0 Å². The fourth-order valence-corrected chi connectivity index (χ4v) is 3.54. The van der Waals surface area contributed by atoms with Gasteiger partial charge in [-0.1, -0.05) is 48.0 Å². The van der Waals surface area contributed by atoms with Crippen LogP contribution in [-0.2, 0) is 0 Å². The number of benzene rings is 2. The summed E-state index contributed by atoms with van der Waals surface area (Å²) < 4.78 is 0. The van der Waals surface area contributed by atoms with Crippen LogP contribution in [-0.4, -0.2) is 17.2 Å². The number of nitrogens with zero attached hydrogens (tertiary/aromatic N) is 2. The van der Waals surface area contributed by atoms with Gasteiger partial charge in [0.2, 0.25) is 0 Å². The molecule has 0 saturated heterocycles. The molecule has 0 amide bonds. The van der Waals surface area contributed by atoms with Gasteiger partial charge >= 0.3 is 0 Å². The van der Waals surface area contributed by atoms with Crippen LogP contribution in [0, 0.1) is 0 Å². The standard InChI is InChI=1S/C23H19ClN2/c24-22-11-2-1-10-21(22)18-7-3-6-17(14-18)15-19-8-5-13-26-23(19)20-9-4-12-25-16-20/h1-4,6-7,9-12,14-16H,5,8,13H2. The van der Waals surface area contributed by atoms with Crippen molar-refractivity contribution in [1.29, 1.82) is 0 Å². The molecule has 2 nitrogen and oxygen atoms in total. The third kappa shape index (κ3) is 3.61. The molecule has 0 N–H and O–H groups in total. The normalized spacial score (nSPS) is 15.7. The smallest absolute Gasteiger partial charge is 0.0694 e. The van der Waals surface area contributed by atoms with Crippen LogP contribution in [0.2, 0.25) is 5.02 Å². The number of hydrogen-bond donors (Lipinski definition) is 0. The summed E-state index contributed by atoms with van der Waals surface area (Å²) in [5.74, 6) is 0. The van der Waals surface area contributed by atoms with Crippen molar-refractivity contribution in [3.8, 4) is 11.1 Å². The Morgan fingerprint density at radius 1 is 0.923 bits per heavy atom. The number of rotatable bonds is 3. The summed E-state index contributed by atoms with van der Waals surface area (Å²) >= 11 is 6.36. The topological polar surface area (TPSA) is 25.2 Å². The van der Waals surface area contributed by atoms with Crippen molar-refractivity contribution in [3.05, 3.63) is 94.8 Å². The van der Waals surface area contributed by atoms with E-state index in [0.717, 1.165) is 52.4 Å². The number of aliphatic imine (C=N–C) groups is 1. The summed E-state index contributed by atoms with van der Waals surface area (Å²) in [6, 6.07) is 20.5. The monoisotopic (exact) mass is 358 g/mol. The summed E-state index contributed by atoms with van der Waals surface area (Å²) in [6.45, 7) is 0.876. The molecule has 1 aliphatic rings. The molecule has 0 aliphatic carbocycles. The summed E-state index contributed by atoms with van der Waals surface area (Å²) in [4.78, 5) is 9.00. The van der Waals surface area contributed by atoms with E-state index in [4.69, 9.17) is 16.6 Å². The molecule has 0 bridgehead atoms. The van der Waals surface area contributed by atoms with E-state index < -0.39 is 0 Å².